The van der Waals surface area contributed by atoms with Crippen molar-refractivity contribution in [3.63, 3.8) is 0 Å². The molecule has 0 N–H and O–H groups in total. The fourth-order valence-corrected chi connectivity index (χ4v) is 4.26. The number of ether oxygens (including phenoxy) is 1. The summed E-state index contributed by atoms with van der Waals surface area (Å²) < 4.78 is 5.44. The van der Waals surface area contributed by atoms with Gasteiger partial charge in [-0.25, -0.2) is 4.79 Å². The van der Waals surface area contributed by atoms with Crippen LogP contribution in [0.5, 0.6) is 0 Å². The first-order valence-corrected chi connectivity index (χ1v) is 10.2. The lowest BCUT2D eigenvalue weighted by Crippen LogP contribution is -2.33. The molecule has 0 bridgehead atoms. The van der Waals surface area contributed by atoms with Crippen LogP contribution in [0, 0.1) is 17.0 Å². The van der Waals surface area contributed by atoms with E-state index in [0.717, 1.165) is 36.4 Å². The van der Waals surface area contributed by atoms with Gasteiger partial charge in [0.05, 0.1) is 15.4 Å². The third-order valence-electron chi connectivity index (χ3n) is 4.95. The number of carbonyl (C=O) groups excluding carboxylic acids is 1. The summed E-state index contributed by atoms with van der Waals surface area (Å²) in [4.78, 5) is 27.2. The second-order valence-electron chi connectivity index (χ2n) is 6.88. The highest BCUT2D eigenvalue weighted by atomic mass is 32.2. The molecule has 1 heterocycles. The third kappa shape index (κ3) is 4.91. The van der Waals surface area contributed by atoms with Crippen molar-refractivity contribution in [2.75, 3.05) is 19.7 Å². The van der Waals surface area contributed by atoms with Crippen molar-refractivity contribution in [2.24, 2.45) is 0 Å². The molecule has 28 heavy (non-hydrogen) atoms. The van der Waals surface area contributed by atoms with E-state index in [2.05, 4.69) is 11.8 Å². The topological polar surface area (TPSA) is 72.7 Å². The number of hydrogen-bond donors (Lipinski definition) is 0. The molecule has 2 aromatic rings. The maximum Gasteiger partial charge on any atom is 0.338 e. The van der Waals surface area contributed by atoms with Gasteiger partial charge in [-0.05, 0) is 57.1 Å². The highest BCUT2D eigenvalue weighted by molar-refractivity contribution is 7.99. The van der Waals surface area contributed by atoms with Crippen molar-refractivity contribution in [2.45, 2.75) is 42.5 Å². The number of nitrogens with zero attached hydrogens (tertiary/aromatic N) is 2. The molecule has 6 nitrogen and oxygen atoms in total. The predicted octanol–water partition coefficient (Wildman–Crippen LogP) is 4.70. The van der Waals surface area contributed by atoms with Crippen LogP contribution in [0.4, 0.5) is 5.69 Å². The molecule has 3 rings (SSSR count). The maximum absolute atomic E-state index is 12.4. The number of esters is 1. The van der Waals surface area contributed by atoms with E-state index in [-0.39, 0.29) is 17.3 Å². The summed E-state index contributed by atoms with van der Waals surface area (Å²) in [7, 11) is 0. The maximum atomic E-state index is 12.4. The van der Waals surface area contributed by atoms with Crippen molar-refractivity contribution in [1.82, 2.24) is 4.90 Å². The van der Waals surface area contributed by atoms with Crippen LogP contribution in [-0.2, 0) is 4.74 Å². The number of hydrogen-bond acceptors (Lipinski definition) is 6. The summed E-state index contributed by atoms with van der Waals surface area (Å²) in [5, 5.41) is 11.5. The summed E-state index contributed by atoms with van der Waals surface area (Å²) in [6, 6.07) is 12.5. The fourth-order valence-electron chi connectivity index (χ4n) is 3.36. The lowest BCUT2D eigenvalue weighted by molar-refractivity contribution is -0.387. The first kappa shape index (κ1) is 20.4. The van der Waals surface area contributed by atoms with E-state index >= 15 is 0 Å². The minimum atomic E-state index is -0.516. The van der Waals surface area contributed by atoms with Gasteiger partial charge in [-0.1, -0.05) is 36.4 Å². The number of rotatable bonds is 7. The molecule has 1 atom stereocenters. The van der Waals surface area contributed by atoms with E-state index < -0.39 is 10.9 Å². The number of likely N-dealkylation sites (tertiary alicyclic amines) is 1. The van der Waals surface area contributed by atoms with Gasteiger partial charge in [-0.2, -0.15) is 0 Å². The van der Waals surface area contributed by atoms with Crippen molar-refractivity contribution in [3.8, 4) is 0 Å². The molecule has 0 spiro atoms. The van der Waals surface area contributed by atoms with Crippen molar-refractivity contribution >= 4 is 23.4 Å². The molecule has 1 aliphatic rings. The SMILES string of the molecule is CCN1CCCC1COC(=O)c1ccc(Sc2ccc(C)cc2)c([N+](=O)[O-])c1. The molecule has 0 radical (unpaired) electrons. The van der Waals surface area contributed by atoms with Crippen LogP contribution in [0.25, 0.3) is 0 Å². The number of nitro benzene ring substituents is 1. The monoisotopic (exact) mass is 400 g/mol. The number of carbonyl (C=O) groups is 1. The Bertz CT molecular complexity index is 854. The molecule has 0 saturated carbocycles. The Kier molecular flexibility index (Phi) is 6.70. The third-order valence-corrected chi connectivity index (χ3v) is 6.03. The van der Waals surface area contributed by atoms with E-state index in [9.17, 15) is 14.9 Å². The van der Waals surface area contributed by atoms with Gasteiger partial charge >= 0.3 is 5.97 Å². The van der Waals surface area contributed by atoms with E-state index in [1.807, 2.05) is 31.2 Å². The quantitative estimate of drug-likeness (QED) is 0.381. The highest BCUT2D eigenvalue weighted by Crippen LogP contribution is 2.35. The predicted molar refractivity (Wildman–Crippen MR) is 109 cm³/mol. The van der Waals surface area contributed by atoms with Gasteiger partial charge in [0.15, 0.2) is 0 Å². The zero-order chi connectivity index (χ0) is 20.1. The Balaban J connectivity index is 1.71. The fraction of sp³-hybridized carbons (Fsp3) is 0.381. The molecule has 148 valence electrons. The Hall–Kier alpha value is -2.38. The van der Waals surface area contributed by atoms with Crippen LogP contribution < -0.4 is 0 Å². The molecule has 1 fully saturated rings. The molecular formula is C21H24N2O4S. The minimum absolute atomic E-state index is 0.0870. The summed E-state index contributed by atoms with van der Waals surface area (Å²) in [6.45, 7) is 6.35. The summed E-state index contributed by atoms with van der Waals surface area (Å²) in [5.74, 6) is -0.516. The van der Waals surface area contributed by atoms with E-state index in [1.54, 1.807) is 12.1 Å². The largest absolute Gasteiger partial charge is 0.460 e. The lowest BCUT2D eigenvalue weighted by Gasteiger charge is -2.22. The Labute approximate surface area is 169 Å². The van der Waals surface area contributed by atoms with Gasteiger partial charge in [-0.3, -0.25) is 15.0 Å². The van der Waals surface area contributed by atoms with Crippen LogP contribution >= 0.6 is 11.8 Å². The standard InChI is InChI=1S/C21H24N2O4S/c1-3-22-12-4-5-17(22)14-27-21(24)16-8-11-20(19(13-16)23(25)26)28-18-9-6-15(2)7-10-18/h6-11,13,17H,3-5,12,14H2,1-2H3. The second kappa shape index (κ2) is 9.21. The van der Waals surface area contributed by atoms with Crippen LogP contribution in [0.1, 0.15) is 35.7 Å². The molecule has 1 aliphatic heterocycles. The van der Waals surface area contributed by atoms with E-state index in [1.165, 1.54) is 17.8 Å². The lowest BCUT2D eigenvalue weighted by atomic mass is 10.2. The van der Waals surface area contributed by atoms with Crippen molar-refractivity contribution in [3.05, 3.63) is 63.7 Å². The van der Waals surface area contributed by atoms with Gasteiger partial charge in [0.2, 0.25) is 0 Å². The molecule has 1 saturated heterocycles. The average Bonchev–Trinajstić information content (AvgIpc) is 3.15. The summed E-state index contributed by atoms with van der Waals surface area (Å²) in [5.41, 5.74) is 1.25. The molecule has 7 heteroatoms. The zero-order valence-electron chi connectivity index (χ0n) is 16.1. The highest BCUT2D eigenvalue weighted by Gasteiger charge is 2.25. The smallest absolute Gasteiger partial charge is 0.338 e. The van der Waals surface area contributed by atoms with Crippen LogP contribution in [0.15, 0.2) is 52.3 Å². The normalized spacial score (nSPS) is 16.9. The summed E-state index contributed by atoms with van der Waals surface area (Å²) in [6.07, 6.45) is 2.11. The number of likely N-dealkylation sites (N-methyl/N-ethyl adjacent to an activating group) is 1. The molecule has 0 aromatic heterocycles. The number of nitro groups is 1. The molecule has 1 unspecified atom stereocenters. The summed E-state index contributed by atoms with van der Waals surface area (Å²) >= 11 is 1.31. The van der Waals surface area contributed by atoms with Gasteiger partial charge in [0, 0.05) is 17.0 Å². The van der Waals surface area contributed by atoms with Gasteiger partial charge in [0.25, 0.3) is 5.69 Å². The van der Waals surface area contributed by atoms with Crippen LogP contribution in [0.2, 0.25) is 0 Å². The second-order valence-corrected chi connectivity index (χ2v) is 7.99. The first-order chi connectivity index (χ1) is 13.5. The van der Waals surface area contributed by atoms with Crippen molar-refractivity contribution in [1.29, 1.82) is 0 Å². The molecular weight excluding hydrogens is 376 g/mol. The van der Waals surface area contributed by atoms with Crippen LogP contribution in [-0.4, -0.2) is 41.5 Å². The van der Waals surface area contributed by atoms with Crippen molar-refractivity contribution < 1.29 is 14.5 Å². The molecule has 2 aromatic carbocycles. The molecule has 0 amide bonds. The number of aryl methyl sites for hydroxylation is 1. The Morgan fingerprint density at radius 2 is 2.04 bits per heavy atom. The van der Waals surface area contributed by atoms with Gasteiger partial charge in [-0.15, -0.1) is 0 Å². The zero-order valence-corrected chi connectivity index (χ0v) is 16.9. The number of benzene rings is 2. The Morgan fingerprint density at radius 1 is 1.29 bits per heavy atom. The minimum Gasteiger partial charge on any atom is -0.460 e. The first-order valence-electron chi connectivity index (χ1n) is 9.42. The average molecular weight is 401 g/mol. The van der Waals surface area contributed by atoms with Crippen LogP contribution in [0.3, 0.4) is 0 Å². The van der Waals surface area contributed by atoms with Gasteiger partial charge < -0.3 is 4.74 Å². The Morgan fingerprint density at radius 3 is 2.71 bits per heavy atom. The van der Waals surface area contributed by atoms with Gasteiger partial charge in [0.1, 0.15) is 6.61 Å². The molecule has 0 aliphatic carbocycles. The van der Waals surface area contributed by atoms with E-state index in [4.69, 9.17) is 4.74 Å². The van der Waals surface area contributed by atoms with E-state index in [0.29, 0.717) is 11.5 Å².